The molecule has 0 atom stereocenters. The van der Waals surface area contributed by atoms with Crippen LogP contribution in [0.25, 0.3) is 0 Å². The summed E-state index contributed by atoms with van der Waals surface area (Å²) < 4.78 is 9.78. The maximum atomic E-state index is 12.2. The van der Waals surface area contributed by atoms with Crippen LogP contribution in [0, 0.1) is 0 Å². The zero-order chi connectivity index (χ0) is 21.5. The Morgan fingerprint density at radius 1 is 1.07 bits per heavy atom. The fourth-order valence-electron chi connectivity index (χ4n) is 3.09. The normalized spacial score (nSPS) is 13.1. The van der Waals surface area contributed by atoms with Gasteiger partial charge in [-0.15, -0.1) is 0 Å². The van der Waals surface area contributed by atoms with E-state index in [1.165, 1.54) is 7.11 Å². The molecule has 1 N–H and O–H groups in total. The van der Waals surface area contributed by atoms with Crippen LogP contribution in [0.15, 0.2) is 48.5 Å². The highest BCUT2D eigenvalue weighted by Gasteiger charge is 2.21. The van der Waals surface area contributed by atoms with E-state index in [4.69, 9.17) is 4.74 Å². The highest BCUT2D eigenvalue weighted by molar-refractivity contribution is 5.98. The van der Waals surface area contributed by atoms with Crippen molar-refractivity contribution in [2.24, 2.45) is 0 Å². The largest absolute Gasteiger partial charge is 0.465 e. The lowest BCUT2D eigenvalue weighted by Gasteiger charge is -2.15. The molecule has 2 aromatic rings. The SMILES string of the molecule is COC(=O)c1cccc(COC(=O)CNC(=O)c2ccc(N3CCCC3=O)cc2)c1. The summed E-state index contributed by atoms with van der Waals surface area (Å²) in [5.74, 6) is -1.42. The zero-order valence-corrected chi connectivity index (χ0v) is 16.6. The minimum Gasteiger partial charge on any atom is -0.465 e. The molecule has 2 aromatic carbocycles. The van der Waals surface area contributed by atoms with E-state index in [0.717, 1.165) is 12.1 Å². The molecule has 30 heavy (non-hydrogen) atoms. The quantitative estimate of drug-likeness (QED) is 0.701. The summed E-state index contributed by atoms with van der Waals surface area (Å²) in [6.07, 6.45) is 1.37. The number of esters is 2. The number of ether oxygens (including phenoxy) is 2. The molecule has 1 aliphatic rings. The van der Waals surface area contributed by atoms with E-state index in [1.54, 1.807) is 53.4 Å². The summed E-state index contributed by atoms with van der Waals surface area (Å²) in [7, 11) is 1.29. The van der Waals surface area contributed by atoms with Crippen LogP contribution in [0.2, 0.25) is 0 Å². The van der Waals surface area contributed by atoms with Crippen molar-refractivity contribution in [3.63, 3.8) is 0 Å². The van der Waals surface area contributed by atoms with Crippen LogP contribution in [0.3, 0.4) is 0 Å². The lowest BCUT2D eigenvalue weighted by molar-refractivity contribution is -0.143. The zero-order valence-electron chi connectivity index (χ0n) is 16.6. The van der Waals surface area contributed by atoms with E-state index in [2.05, 4.69) is 10.1 Å². The van der Waals surface area contributed by atoms with Gasteiger partial charge in [0.2, 0.25) is 5.91 Å². The van der Waals surface area contributed by atoms with Gasteiger partial charge in [0.25, 0.3) is 5.91 Å². The first-order chi connectivity index (χ1) is 14.5. The van der Waals surface area contributed by atoms with Crippen LogP contribution >= 0.6 is 0 Å². The number of amides is 2. The second kappa shape index (κ2) is 9.69. The summed E-state index contributed by atoms with van der Waals surface area (Å²) in [6, 6.07) is 13.2. The summed E-state index contributed by atoms with van der Waals surface area (Å²) in [5, 5.41) is 2.50. The van der Waals surface area contributed by atoms with Gasteiger partial charge in [0, 0.05) is 24.2 Å². The smallest absolute Gasteiger partial charge is 0.337 e. The van der Waals surface area contributed by atoms with Gasteiger partial charge in [0.05, 0.1) is 12.7 Å². The van der Waals surface area contributed by atoms with Crippen LogP contribution in [0.5, 0.6) is 0 Å². The molecule has 1 heterocycles. The molecule has 8 heteroatoms. The molecule has 1 saturated heterocycles. The molecule has 1 fully saturated rings. The van der Waals surface area contributed by atoms with Crippen molar-refractivity contribution < 1.29 is 28.7 Å². The van der Waals surface area contributed by atoms with Crippen molar-refractivity contribution in [2.75, 3.05) is 25.1 Å². The molecular weight excluding hydrogens is 388 g/mol. The second-order valence-corrected chi connectivity index (χ2v) is 6.73. The first-order valence-corrected chi connectivity index (χ1v) is 9.49. The fourth-order valence-corrected chi connectivity index (χ4v) is 3.09. The van der Waals surface area contributed by atoms with Crippen LogP contribution in [0.1, 0.15) is 39.1 Å². The molecule has 0 bridgehead atoms. The number of methoxy groups -OCH3 is 1. The Morgan fingerprint density at radius 3 is 2.50 bits per heavy atom. The summed E-state index contributed by atoms with van der Waals surface area (Å²) in [5.41, 5.74) is 2.12. The van der Waals surface area contributed by atoms with E-state index in [0.29, 0.717) is 29.7 Å². The third-order valence-electron chi connectivity index (χ3n) is 4.66. The molecule has 0 aromatic heterocycles. The highest BCUT2D eigenvalue weighted by atomic mass is 16.5. The number of nitrogens with one attached hydrogen (secondary N) is 1. The van der Waals surface area contributed by atoms with Gasteiger partial charge in [-0.1, -0.05) is 12.1 Å². The molecule has 156 valence electrons. The summed E-state index contributed by atoms with van der Waals surface area (Å²) in [6.45, 7) is 0.360. The molecule has 1 aliphatic heterocycles. The van der Waals surface area contributed by atoms with Gasteiger partial charge in [-0.3, -0.25) is 14.4 Å². The standard InChI is InChI=1S/C22H22N2O6/c1-29-22(28)17-5-2-4-15(12-17)14-30-20(26)13-23-21(27)16-7-9-18(10-8-16)24-11-3-6-19(24)25/h2,4-5,7-10,12H,3,6,11,13-14H2,1H3,(H,23,27). The number of hydrogen-bond donors (Lipinski definition) is 1. The Balaban J connectivity index is 1.47. The van der Waals surface area contributed by atoms with Crippen molar-refractivity contribution in [3.05, 3.63) is 65.2 Å². The molecule has 0 radical (unpaired) electrons. The summed E-state index contributed by atoms with van der Waals surface area (Å²) >= 11 is 0. The Morgan fingerprint density at radius 2 is 1.83 bits per heavy atom. The molecule has 3 rings (SSSR count). The van der Waals surface area contributed by atoms with Crippen molar-refractivity contribution in [2.45, 2.75) is 19.4 Å². The van der Waals surface area contributed by atoms with Crippen molar-refractivity contribution >= 4 is 29.4 Å². The maximum Gasteiger partial charge on any atom is 0.337 e. The average Bonchev–Trinajstić information content (AvgIpc) is 3.21. The van der Waals surface area contributed by atoms with Crippen LogP contribution in [-0.2, 0) is 25.7 Å². The summed E-state index contributed by atoms with van der Waals surface area (Å²) in [4.78, 5) is 49.1. The number of rotatable bonds is 7. The topological polar surface area (TPSA) is 102 Å². The number of carbonyl (C=O) groups excluding carboxylic acids is 4. The number of benzene rings is 2. The molecule has 0 aliphatic carbocycles. The van der Waals surface area contributed by atoms with Gasteiger partial charge in [-0.05, 0) is 48.4 Å². The van der Waals surface area contributed by atoms with Crippen LogP contribution < -0.4 is 10.2 Å². The van der Waals surface area contributed by atoms with Gasteiger partial charge in [-0.2, -0.15) is 0 Å². The van der Waals surface area contributed by atoms with E-state index >= 15 is 0 Å². The minimum absolute atomic E-state index is 0.0297. The monoisotopic (exact) mass is 410 g/mol. The lowest BCUT2D eigenvalue weighted by Crippen LogP contribution is -2.30. The number of nitrogens with zero attached hydrogens (tertiary/aromatic N) is 1. The van der Waals surface area contributed by atoms with Gasteiger partial charge in [0.1, 0.15) is 13.2 Å². The second-order valence-electron chi connectivity index (χ2n) is 6.73. The maximum absolute atomic E-state index is 12.2. The number of anilines is 1. The molecular formula is C22H22N2O6. The number of hydrogen-bond acceptors (Lipinski definition) is 6. The molecule has 0 unspecified atom stereocenters. The number of carbonyl (C=O) groups is 4. The third-order valence-corrected chi connectivity index (χ3v) is 4.66. The average molecular weight is 410 g/mol. The Kier molecular flexibility index (Phi) is 6.79. The van der Waals surface area contributed by atoms with Crippen LogP contribution in [-0.4, -0.2) is 44.0 Å². The minimum atomic E-state index is -0.605. The van der Waals surface area contributed by atoms with E-state index in [9.17, 15) is 19.2 Å². The van der Waals surface area contributed by atoms with Crippen LogP contribution in [0.4, 0.5) is 5.69 Å². The first kappa shape index (κ1) is 21.0. The van der Waals surface area contributed by atoms with Gasteiger partial charge < -0.3 is 19.7 Å². The fraction of sp³-hybridized carbons (Fsp3) is 0.273. The van der Waals surface area contributed by atoms with Crippen molar-refractivity contribution in [3.8, 4) is 0 Å². The van der Waals surface area contributed by atoms with Crippen molar-refractivity contribution in [1.82, 2.24) is 5.32 Å². The molecule has 0 spiro atoms. The first-order valence-electron chi connectivity index (χ1n) is 9.49. The Hall–Kier alpha value is -3.68. The lowest BCUT2D eigenvalue weighted by atomic mass is 10.1. The van der Waals surface area contributed by atoms with E-state index in [1.807, 2.05) is 0 Å². The van der Waals surface area contributed by atoms with Gasteiger partial charge >= 0.3 is 11.9 Å². The van der Waals surface area contributed by atoms with Gasteiger partial charge in [0.15, 0.2) is 0 Å². The predicted molar refractivity (Wildman–Crippen MR) is 108 cm³/mol. The van der Waals surface area contributed by atoms with E-state index < -0.39 is 17.8 Å². The molecule has 0 saturated carbocycles. The molecule has 8 nitrogen and oxygen atoms in total. The third kappa shape index (κ3) is 5.22. The predicted octanol–water partition coefficient (Wildman–Crippen LogP) is 2.07. The molecule has 2 amide bonds. The van der Waals surface area contributed by atoms with Crippen molar-refractivity contribution in [1.29, 1.82) is 0 Å². The Bertz CT molecular complexity index is 954. The Labute approximate surface area is 173 Å². The van der Waals surface area contributed by atoms with Gasteiger partial charge in [-0.25, -0.2) is 4.79 Å². The highest BCUT2D eigenvalue weighted by Crippen LogP contribution is 2.21. The van der Waals surface area contributed by atoms with E-state index in [-0.39, 0.29) is 19.1 Å².